The van der Waals surface area contributed by atoms with Crippen LogP contribution in [-0.2, 0) is 14.8 Å². The van der Waals surface area contributed by atoms with Gasteiger partial charge in [-0.15, -0.1) is 0 Å². The predicted octanol–water partition coefficient (Wildman–Crippen LogP) is -0.239. The van der Waals surface area contributed by atoms with Gasteiger partial charge in [0.25, 0.3) is 0 Å². The molecule has 5 nitrogen and oxygen atoms in total. The maximum absolute atomic E-state index is 11.3. The minimum Gasteiger partial charge on any atom is -0.392 e. The molecule has 0 aromatic heterocycles. The van der Waals surface area contributed by atoms with Crippen LogP contribution >= 0.6 is 12.2 Å². The van der Waals surface area contributed by atoms with E-state index in [0.717, 1.165) is 19.4 Å². The zero-order chi connectivity index (χ0) is 11.3. The fourth-order valence-corrected chi connectivity index (χ4v) is 2.86. The quantitative estimate of drug-likeness (QED) is 0.638. The summed E-state index contributed by atoms with van der Waals surface area (Å²) >= 11 is 4.54. The topological polar surface area (TPSA) is 81.4 Å². The van der Waals surface area contributed by atoms with Crippen LogP contribution in [0.3, 0.4) is 0 Å². The van der Waals surface area contributed by atoms with Gasteiger partial charge in [0.2, 0.25) is 10.0 Å². The molecule has 0 amide bonds. The lowest BCUT2D eigenvalue weighted by molar-refractivity contribution is 0.105. The summed E-state index contributed by atoms with van der Waals surface area (Å²) in [4.78, 5) is -0.0142. The van der Waals surface area contributed by atoms with E-state index in [4.69, 9.17) is 10.5 Å². The molecule has 1 aliphatic rings. The predicted molar refractivity (Wildman–Crippen MR) is 62.2 cm³/mol. The average Bonchev–Trinajstić information content (AvgIpc) is 2.53. The highest BCUT2D eigenvalue weighted by atomic mass is 32.2. The first-order valence-electron chi connectivity index (χ1n) is 4.87. The van der Waals surface area contributed by atoms with E-state index in [1.807, 2.05) is 0 Å². The Kier molecular flexibility index (Phi) is 4.91. The van der Waals surface area contributed by atoms with Crippen LogP contribution in [0, 0.1) is 0 Å². The lowest BCUT2D eigenvalue weighted by Gasteiger charge is -2.10. The van der Waals surface area contributed by atoms with Crippen molar-refractivity contribution < 1.29 is 13.2 Å². The molecule has 0 aromatic carbocycles. The third kappa shape index (κ3) is 5.41. The summed E-state index contributed by atoms with van der Waals surface area (Å²) in [5, 5.41) is 0. The second kappa shape index (κ2) is 5.74. The van der Waals surface area contributed by atoms with Gasteiger partial charge >= 0.3 is 0 Å². The van der Waals surface area contributed by atoms with Crippen LogP contribution in [0.1, 0.15) is 19.3 Å². The normalized spacial score (nSPS) is 21.7. The fraction of sp³-hybridized carbons (Fsp3) is 0.875. The number of ether oxygens (including phenoxy) is 1. The largest absolute Gasteiger partial charge is 0.392 e. The van der Waals surface area contributed by atoms with Crippen molar-refractivity contribution in [3.05, 3.63) is 0 Å². The number of hydrogen-bond acceptors (Lipinski definition) is 4. The summed E-state index contributed by atoms with van der Waals surface area (Å²) in [7, 11) is -3.34. The average molecular weight is 252 g/mol. The molecule has 0 radical (unpaired) electrons. The van der Waals surface area contributed by atoms with E-state index < -0.39 is 10.0 Å². The van der Waals surface area contributed by atoms with Crippen molar-refractivity contribution in [2.24, 2.45) is 5.73 Å². The van der Waals surface area contributed by atoms with E-state index in [0.29, 0.717) is 13.0 Å². The molecule has 0 aliphatic carbocycles. The minimum absolute atomic E-state index is 0.0142. The first kappa shape index (κ1) is 12.8. The molecule has 7 heteroatoms. The third-order valence-electron chi connectivity index (χ3n) is 2.14. The highest BCUT2D eigenvalue weighted by Gasteiger charge is 2.17. The molecule has 3 N–H and O–H groups in total. The van der Waals surface area contributed by atoms with Crippen molar-refractivity contribution in [3.63, 3.8) is 0 Å². The summed E-state index contributed by atoms with van der Waals surface area (Å²) in [5.41, 5.74) is 5.16. The van der Waals surface area contributed by atoms with E-state index in [1.54, 1.807) is 0 Å². The Bertz CT molecular complexity index is 310. The number of sulfonamides is 1. The number of rotatable bonds is 6. The number of hydrogen-bond donors (Lipinski definition) is 2. The Morgan fingerprint density at radius 3 is 2.87 bits per heavy atom. The van der Waals surface area contributed by atoms with Crippen LogP contribution in [0.4, 0.5) is 0 Å². The van der Waals surface area contributed by atoms with Crippen LogP contribution in [0.25, 0.3) is 0 Å². The molecule has 88 valence electrons. The molecule has 1 unspecified atom stereocenters. The summed E-state index contributed by atoms with van der Waals surface area (Å²) in [6, 6.07) is 0. The second-order valence-electron chi connectivity index (χ2n) is 3.54. The Hall–Kier alpha value is -0.240. The van der Waals surface area contributed by atoms with Crippen LogP contribution in [0.2, 0.25) is 0 Å². The standard InChI is InChI=1S/C8H16N2O3S2/c9-8(14)6-15(11,12)10-4-3-7-2-1-5-13-7/h7,10H,1-6H2,(H2,9,14). The molecular formula is C8H16N2O3S2. The van der Waals surface area contributed by atoms with Crippen molar-refractivity contribution in [1.82, 2.24) is 4.72 Å². The molecule has 0 bridgehead atoms. The summed E-state index contributed by atoms with van der Waals surface area (Å²) in [5.74, 6) is -0.284. The van der Waals surface area contributed by atoms with E-state index in [-0.39, 0.29) is 16.8 Å². The van der Waals surface area contributed by atoms with E-state index in [1.165, 1.54) is 0 Å². The summed E-state index contributed by atoms with van der Waals surface area (Å²) in [6.07, 6.45) is 2.97. The van der Waals surface area contributed by atoms with Gasteiger partial charge in [0.05, 0.1) is 11.1 Å². The SMILES string of the molecule is NC(=S)CS(=O)(=O)NCCC1CCCO1. The zero-order valence-electron chi connectivity index (χ0n) is 8.44. The van der Waals surface area contributed by atoms with Gasteiger partial charge in [-0.2, -0.15) is 0 Å². The van der Waals surface area contributed by atoms with E-state index in [9.17, 15) is 8.42 Å². The zero-order valence-corrected chi connectivity index (χ0v) is 10.1. The van der Waals surface area contributed by atoms with Crippen molar-refractivity contribution in [2.45, 2.75) is 25.4 Å². The Balaban J connectivity index is 2.20. The molecular weight excluding hydrogens is 236 g/mol. The molecule has 0 aromatic rings. The number of nitrogens with two attached hydrogens (primary N) is 1. The molecule has 0 saturated carbocycles. The number of nitrogens with one attached hydrogen (secondary N) is 1. The van der Waals surface area contributed by atoms with Gasteiger partial charge in [-0.25, -0.2) is 13.1 Å². The van der Waals surface area contributed by atoms with Crippen LogP contribution in [0.5, 0.6) is 0 Å². The number of thiocarbonyl (C=S) groups is 1. The fourth-order valence-electron chi connectivity index (χ4n) is 1.49. The third-order valence-corrected chi connectivity index (χ3v) is 3.81. The van der Waals surface area contributed by atoms with Crippen molar-refractivity contribution in [1.29, 1.82) is 0 Å². The van der Waals surface area contributed by atoms with Crippen LogP contribution in [-0.4, -0.2) is 38.4 Å². The highest BCUT2D eigenvalue weighted by Crippen LogP contribution is 2.14. The monoisotopic (exact) mass is 252 g/mol. The van der Waals surface area contributed by atoms with E-state index in [2.05, 4.69) is 16.9 Å². The second-order valence-corrected chi connectivity index (χ2v) is 5.87. The van der Waals surface area contributed by atoms with Crippen molar-refractivity contribution in [2.75, 3.05) is 18.9 Å². The molecule has 1 fully saturated rings. The highest BCUT2D eigenvalue weighted by molar-refractivity contribution is 7.92. The molecule has 0 spiro atoms. The lowest BCUT2D eigenvalue weighted by Crippen LogP contribution is -2.34. The Morgan fingerprint density at radius 2 is 2.33 bits per heavy atom. The summed E-state index contributed by atoms with van der Waals surface area (Å²) in [6.45, 7) is 1.17. The van der Waals surface area contributed by atoms with Gasteiger partial charge in [0, 0.05) is 13.2 Å². The Labute approximate surface area is 95.4 Å². The molecule has 1 aliphatic heterocycles. The lowest BCUT2D eigenvalue weighted by atomic mass is 10.2. The van der Waals surface area contributed by atoms with Gasteiger partial charge in [0.15, 0.2) is 0 Å². The van der Waals surface area contributed by atoms with Gasteiger partial charge in [-0.05, 0) is 19.3 Å². The molecule has 1 atom stereocenters. The van der Waals surface area contributed by atoms with Gasteiger partial charge in [-0.3, -0.25) is 0 Å². The maximum atomic E-state index is 11.3. The molecule has 1 saturated heterocycles. The first-order valence-corrected chi connectivity index (χ1v) is 6.93. The molecule has 1 rings (SSSR count). The van der Waals surface area contributed by atoms with Crippen LogP contribution < -0.4 is 10.5 Å². The molecule has 1 heterocycles. The van der Waals surface area contributed by atoms with Gasteiger partial charge in [-0.1, -0.05) is 12.2 Å². The maximum Gasteiger partial charge on any atom is 0.218 e. The van der Waals surface area contributed by atoms with Crippen LogP contribution in [0.15, 0.2) is 0 Å². The first-order chi connectivity index (χ1) is 6.99. The van der Waals surface area contributed by atoms with E-state index >= 15 is 0 Å². The minimum atomic E-state index is -3.34. The summed E-state index contributed by atoms with van der Waals surface area (Å²) < 4.78 is 30.4. The van der Waals surface area contributed by atoms with Gasteiger partial charge in [0.1, 0.15) is 5.75 Å². The smallest absolute Gasteiger partial charge is 0.218 e. The van der Waals surface area contributed by atoms with Crippen molar-refractivity contribution >= 4 is 27.2 Å². The van der Waals surface area contributed by atoms with Crippen molar-refractivity contribution in [3.8, 4) is 0 Å². The van der Waals surface area contributed by atoms with Gasteiger partial charge < -0.3 is 10.5 Å². The Morgan fingerprint density at radius 1 is 1.60 bits per heavy atom. The molecule has 15 heavy (non-hydrogen) atoms.